The van der Waals surface area contributed by atoms with Crippen LogP contribution in [-0.4, -0.2) is 17.4 Å². The van der Waals surface area contributed by atoms with Crippen molar-refractivity contribution in [3.05, 3.63) is 6.92 Å². The molecule has 6 heavy (non-hydrogen) atoms. The van der Waals surface area contributed by atoms with Gasteiger partial charge in [-0.3, -0.25) is 0 Å². The summed E-state index contributed by atoms with van der Waals surface area (Å²) >= 11 is 0. The summed E-state index contributed by atoms with van der Waals surface area (Å²) in [4.78, 5) is 0. The van der Waals surface area contributed by atoms with E-state index in [1.807, 2.05) is 0 Å². The SMILES string of the molecule is [CH2]CC(O)C=N. The van der Waals surface area contributed by atoms with Gasteiger partial charge in [-0.25, -0.2) is 0 Å². The van der Waals surface area contributed by atoms with E-state index in [9.17, 15) is 0 Å². The molecule has 0 aromatic heterocycles. The van der Waals surface area contributed by atoms with Crippen LogP contribution in [0.1, 0.15) is 6.42 Å². The maximum Gasteiger partial charge on any atom is 0.0884 e. The summed E-state index contributed by atoms with van der Waals surface area (Å²) in [6, 6.07) is 0. The third-order valence-electron chi connectivity index (χ3n) is 0.488. The maximum atomic E-state index is 8.36. The number of aliphatic hydroxyl groups is 1. The highest BCUT2D eigenvalue weighted by molar-refractivity contribution is 5.58. The molecule has 1 radical (unpaired) electrons. The van der Waals surface area contributed by atoms with Crippen molar-refractivity contribution < 1.29 is 5.11 Å². The molecule has 0 amide bonds. The lowest BCUT2D eigenvalue weighted by Crippen LogP contribution is -2.03. The van der Waals surface area contributed by atoms with Crippen LogP contribution >= 0.6 is 0 Å². The summed E-state index contributed by atoms with van der Waals surface area (Å²) < 4.78 is 0. The lowest BCUT2D eigenvalue weighted by atomic mass is 10.3. The van der Waals surface area contributed by atoms with Crippen LogP contribution in [0.25, 0.3) is 0 Å². The van der Waals surface area contributed by atoms with Crippen molar-refractivity contribution >= 4 is 6.21 Å². The van der Waals surface area contributed by atoms with Crippen molar-refractivity contribution in [3.8, 4) is 0 Å². The molecule has 0 aliphatic heterocycles. The number of nitrogens with one attached hydrogen (secondary N) is 1. The van der Waals surface area contributed by atoms with Crippen LogP contribution in [0, 0.1) is 12.3 Å². The van der Waals surface area contributed by atoms with E-state index in [1.54, 1.807) is 0 Å². The third-order valence-corrected chi connectivity index (χ3v) is 0.488. The molecule has 0 saturated heterocycles. The molecule has 35 valence electrons. The summed E-state index contributed by atoms with van der Waals surface area (Å²) in [5.41, 5.74) is 0. The Morgan fingerprint density at radius 1 is 2.00 bits per heavy atom. The second kappa shape index (κ2) is 2.85. The summed E-state index contributed by atoms with van der Waals surface area (Å²) in [5.74, 6) is 0. The lowest BCUT2D eigenvalue weighted by molar-refractivity contribution is 0.248. The molecule has 2 nitrogen and oxygen atoms in total. The van der Waals surface area contributed by atoms with E-state index in [1.165, 1.54) is 0 Å². The Morgan fingerprint density at radius 2 is 2.50 bits per heavy atom. The number of rotatable bonds is 2. The van der Waals surface area contributed by atoms with Crippen molar-refractivity contribution in [3.63, 3.8) is 0 Å². The van der Waals surface area contributed by atoms with Crippen LogP contribution < -0.4 is 0 Å². The van der Waals surface area contributed by atoms with Crippen molar-refractivity contribution in [2.45, 2.75) is 12.5 Å². The zero-order valence-electron chi connectivity index (χ0n) is 3.52. The highest BCUT2D eigenvalue weighted by Crippen LogP contribution is 1.79. The first-order valence-corrected chi connectivity index (χ1v) is 1.79. The quantitative estimate of drug-likeness (QED) is 0.464. The fourth-order valence-corrected chi connectivity index (χ4v) is 0.0833. The van der Waals surface area contributed by atoms with Gasteiger partial charge in [-0.1, -0.05) is 6.92 Å². The Kier molecular flexibility index (Phi) is 2.67. The topological polar surface area (TPSA) is 44.1 Å². The van der Waals surface area contributed by atoms with Gasteiger partial charge >= 0.3 is 0 Å². The lowest BCUT2D eigenvalue weighted by Gasteiger charge is -1.92. The molecule has 0 saturated carbocycles. The van der Waals surface area contributed by atoms with E-state index in [2.05, 4.69) is 6.92 Å². The minimum absolute atomic E-state index is 0.392. The number of hydrogen-bond acceptors (Lipinski definition) is 2. The molecule has 0 aromatic rings. The molecule has 1 atom stereocenters. The molecule has 0 aromatic carbocycles. The van der Waals surface area contributed by atoms with E-state index in [0.29, 0.717) is 6.42 Å². The molecular weight excluding hydrogens is 78.1 g/mol. The van der Waals surface area contributed by atoms with Crippen LogP contribution in [0.2, 0.25) is 0 Å². The first kappa shape index (κ1) is 5.63. The minimum atomic E-state index is -0.634. The second-order valence-electron chi connectivity index (χ2n) is 1.02. The van der Waals surface area contributed by atoms with Crippen molar-refractivity contribution in [2.75, 3.05) is 0 Å². The largest absolute Gasteiger partial charge is 0.387 e. The monoisotopic (exact) mass is 86.1 g/mol. The van der Waals surface area contributed by atoms with Crippen LogP contribution in [0.15, 0.2) is 0 Å². The molecule has 0 aliphatic carbocycles. The maximum absolute atomic E-state index is 8.36. The summed E-state index contributed by atoms with van der Waals surface area (Å²) in [5, 5.41) is 14.8. The van der Waals surface area contributed by atoms with E-state index in [0.717, 1.165) is 6.21 Å². The molecule has 1 unspecified atom stereocenters. The normalized spacial score (nSPS) is 13.7. The molecule has 0 bridgehead atoms. The highest BCUT2D eigenvalue weighted by atomic mass is 16.3. The molecule has 0 fully saturated rings. The standard InChI is InChI=1S/C4H8NO/c1-2-4(6)3-5/h3-6H,1-2H2. The predicted molar refractivity (Wildman–Crippen MR) is 24.8 cm³/mol. The third kappa shape index (κ3) is 1.91. The van der Waals surface area contributed by atoms with Gasteiger partial charge in [0.15, 0.2) is 0 Å². The first-order chi connectivity index (χ1) is 2.81. The van der Waals surface area contributed by atoms with Gasteiger partial charge in [-0.05, 0) is 6.42 Å². The zero-order chi connectivity index (χ0) is 4.99. The van der Waals surface area contributed by atoms with Crippen molar-refractivity contribution in [1.29, 1.82) is 5.41 Å². The number of hydrogen-bond donors (Lipinski definition) is 2. The Bertz CT molecular complexity index is 44.8. The molecule has 0 rings (SSSR count). The molecule has 2 heteroatoms. The van der Waals surface area contributed by atoms with E-state index >= 15 is 0 Å². The summed E-state index contributed by atoms with van der Waals surface area (Å²) in [6.07, 6.45) is 0.723. The number of aliphatic hydroxyl groups excluding tert-OH is 1. The fraction of sp³-hybridized carbons (Fsp3) is 0.500. The summed E-state index contributed by atoms with van der Waals surface area (Å²) in [6.45, 7) is 3.36. The van der Waals surface area contributed by atoms with Gasteiger partial charge in [0, 0.05) is 6.21 Å². The summed E-state index contributed by atoms with van der Waals surface area (Å²) in [7, 11) is 0. The fourth-order valence-electron chi connectivity index (χ4n) is 0.0833. The molecular formula is C4H8NO. The van der Waals surface area contributed by atoms with Crippen molar-refractivity contribution in [1.82, 2.24) is 0 Å². The van der Waals surface area contributed by atoms with Crippen molar-refractivity contribution in [2.24, 2.45) is 0 Å². The van der Waals surface area contributed by atoms with E-state index in [4.69, 9.17) is 10.5 Å². The Hall–Kier alpha value is -0.370. The Morgan fingerprint density at radius 3 is 2.50 bits per heavy atom. The Balaban J connectivity index is 2.96. The Labute approximate surface area is 37.3 Å². The van der Waals surface area contributed by atoms with Crippen LogP contribution in [0.5, 0.6) is 0 Å². The van der Waals surface area contributed by atoms with Crippen LogP contribution in [0.3, 0.4) is 0 Å². The average Bonchev–Trinajstić information content (AvgIpc) is 1.65. The molecule has 0 heterocycles. The highest BCUT2D eigenvalue weighted by Gasteiger charge is 1.88. The van der Waals surface area contributed by atoms with Crippen LogP contribution in [0.4, 0.5) is 0 Å². The minimum Gasteiger partial charge on any atom is -0.387 e. The molecule has 0 aliphatic rings. The molecule has 0 spiro atoms. The van der Waals surface area contributed by atoms with Gasteiger partial charge in [0.25, 0.3) is 0 Å². The smallest absolute Gasteiger partial charge is 0.0884 e. The van der Waals surface area contributed by atoms with Gasteiger partial charge in [0.05, 0.1) is 6.10 Å². The molecule has 2 N–H and O–H groups in total. The van der Waals surface area contributed by atoms with E-state index < -0.39 is 6.10 Å². The zero-order valence-corrected chi connectivity index (χ0v) is 3.52. The second-order valence-corrected chi connectivity index (χ2v) is 1.02. The predicted octanol–water partition coefficient (Wildman–Crippen LogP) is 0.221. The van der Waals surface area contributed by atoms with Gasteiger partial charge in [-0.15, -0.1) is 0 Å². The van der Waals surface area contributed by atoms with Gasteiger partial charge in [0.2, 0.25) is 0 Å². The average molecular weight is 86.1 g/mol. The van der Waals surface area contributed by atoms with Crippen LogP contribution in [-0.2, 0) is 0 Å². The van der Waals surface area contributed by atoms with Gasteiger partial charge < -0.3 is 10.5 Å². The van der Waals surface area contributed by atoms with Gasteiger partial charge in [0.1, 0.15) is 0 Å². The first-order valence-electron chi connectivity index (χ1n) is 1.79. The van der Waals surface area contributed by atoms with E-state index in [-0.39, 0.29) is 0 Å². The van der Waals surface area contributed by atoms with Gasteiger partial charge in [-0.2, -0.15) is 0 Å².